The second kappa shape index (κ2) is 3.26. The molecule has 0 saturated carbocycles. The fourth-order valence-electron chi connectivity index (χ4n) is 0.942. The van der Waals surface area contributed by atoms with Gasteiger partial charge in [-0.05, 0) is 25.3 Å². The van der Waals surface area contributed by atoms with Gasteiger partial charge in [0.05, 0.1) is 6.04 Å². The third-order valence-electron chi connectivity index (χ3n) is 1.38. The highest BCUT2D eigenvalue weighted by Crippen LogP contribution is 2.01. The Balaban J connectivity index is 2.34. The van der Waals surface area contributed by atoms with Crippen LogP contribution in [0.1, 0.15) is 12.8 Å². The van der Waals surface area contributed by atoms with Crippen molar-refractivity contribution >= 4 is 6.29 Å². The van der Waals surface area contributed by atoms with Crippen molar-refractivity contribution in [3.63, 3.8) is 0 Å². The van der Waals surface area contributed by atoms with Gasteiger partial charge < -0.3 is 5.32 Å². The first-order valence-corrected chi connectivity index (χ1v) is 3.11. The van der Waals surface area contributed by atoms with Crippen LogP contribution in [0.15, 0.2) is 0 Å². The molecule has 1 fully saturated rings. The summed E-state index contributed by atoms with van der Waals surface area (Å²) < 4.78 is 0. The predicted molar refractivity (Wildman–Crippen MR) is 34.9 cm³/mol. The van der Waals surface area contributed by atoms with E-state index in [1.165, 1.54) is 6.42 Å². The van der Waals surface area contributed by atoms with E-state index in [1.807, 2.05) is 0 Å². The molecule has 0 amide bonds. The van der Waals surface area contributed by atoms with Crippen LogP contribution in [0.5, 0.6) is 0 Å². The monoisotopic (exact) mass is 123 g/mol. The number of rotatable bonds is 0. The van der Waals surface area contributed by atoms with Crippen LogP contribution in [-0.2, 0) is 4.79 Å². The molecule has 0 aromatic rings. The van der Waals surface area contributed by atoms with Crippen molar-refractivity contribution < 1.29 is 4.79 Å². The minimum atomic E-state index is 0.273. The van der Waals surface area contributed by atoms with Crippen LogP contribution in [0.2, 0.25) is 0 Å². The molecule has 0 aromatic carbocycles. The lowest BCUT2D eigenvalue weighted by Crippen LogP contribution is -2.18. The standard InChI is InChI=1S/C7H9NO/c9-6-2-4-7-3-1-5-8-7/h6-8H,1,3,5H2. The minimum Gasteiger partial charge on any atom is -0.304 e. The smallest absolute Gasteiger partial charge is 0.192 e. The van der Waals surface area contributed by atoms with Crippen molar-refractivity contribution in [1.82, 2.24) is 5.32 Å². The second-order valence-electron chi connectivity index (χ2n) is 2.06. The first-order valence-electron chi connectivity index (χ1n) is 3.11. The van der Waals surface area contributed by atoms with E-state index < -0.39 is 0 Å². The van der Waals surface area contributed by atoms with Crippen LogP contribution in [0.4, 0.5) is 0 Å². The first kappa shape index (κ1) is 6.31. The topological polar surface area (TPSA) is 29.1 Å². The zero-order valence-electron chi connectivity index (χ0n) is 5.18. The minimum absolute atomic E-state index is 0.273. The summed E-state index contributed by atoms with van der Waals surface area (Å²) in [4.78, 5) is 9.76. The molecule has 1 aliphatic heterocycles. The highest BCUT2D eigenvalue weighted by molar-refractivity contribution is 5.72. The molecule has 0 spiro atoms. The third kappa shape index (κ3) is 1.87. The molecule has 1 rings (SSSR count). The van der Waals surface area contributed by atoms with Gasteiger partial charge in [0.1, 0.15) is 0 Å². The van der Waals surface area contributed by atoms with Crippen LogP contribution in [0.3, 0.4) is 0 Å². The van der Waals surface area contributed by atoms with Crippen molar-refractivity contribution in [3.05, 3.63) is 0 Å². The molecule has 2 nitrogen and oxygen atoms in total. The van der Waals surface area contributed by atoms with E-state index in [-0.39, 0.29) is 6.04 Å². The van der Waals surface area contributed by atoms with Gasteiger partial charge in [-0.15, -0.1) is 0 Å². The average Bonchev–Trinajstić information content (AvgIpc) is 2.34. The van der Waals surface area contributed by atoms with E-state index in [4.69, 9.17) is 0 Å². The molecule has 1 unspecified atom stereocenters. The fraction of sp³-hybridized carbons (Fsp3) is 0.571. The Labute approximate surface area is 54.6 Å². The fourth-order valence-corrected chi connectivity index (χ4v) is 0.942. The maximum atomic E-state index is 9.76. The average molecular weight is 123 g/mol. The van der Waals surface area contributed by atoms with Crippen molar-refractivity contribution in [2.24, 2.45) is 0 Å². The number of hydrogen-bond acceptors (Lipinski definition) is 2. The SMILES string of the molecule is O=CC#CC1CCCN1. The molecule has 0 aliphatic carbocycles. The lowest BCUT2D eigenvalue weighted by Gasteiger charge is -1.95. The van der Waals surface area contributed by atoms with Gasteiger partial charge in [-0.2, -0.15) is 0 Å². The van der Waals surface area contributed by atoms with Crippen LogP contribution in [0, 0.1) is 11.8 Å². The summed E-state index contributed by atoms with van der Waals surface area (Å²) in [5.41, 5.74) is 0. The van der Waals surface area contributed by atoms with Crippen LogP contribution in [0.25, 0.3) is 0 Å². The molecule has 1 atom stereocenters. The number of carbonyl (C=O) groups excluding carboxylic acids is 1. The van der Waals surface area contributed by atoms with Gasteiger partial charge in [0.2, 0.25) is 0 Å². The van der Waals surface area contributed by atoms with Gasteiger partial charge in [-0.1, -0.05) is 5.92 Å². The van der Waals surface area contributed by atoms with Crippen LogP contribution in [-0.4, -0.2) is 18.9 Å². The molecular formula is C7H9NO. The summed E-state index contributed by atoms with van der Waals surface area (Å²) in [6.45, 7) is 1.04. The Morgan fingerprint density at radius 1 is 1.67 bits per heavy atom. The largest absolute Gasteiger partial charge is 0.304 e. The van der Waals surface area contributed by atoms with E-state index in [9.17, 15) is 4.79 Å². The first-order chi connectivity index (χ1) is 4.43. The second-order valence-corrected chi connectivity index (χ2v) is 2.06. The molecule has 9 heavy (non-hydrogen) atoms. The van der Waals surface area contributed by atoms with Gasteiger partial charge in [0, 0.05) is 0 Å². The Hall–Kier alpha value is -0.810. The van der Waals surface area contributed by atoms with Crippen molar-refractivity contribution in [1.29, 1.82) is 0 Å². The maximum absolute atomic E-state index is 9.76. The lowest BCUT2D eigenvalue weighted by atomic mass is 10.2. The molecule has 1 saturated heterocycles. The van der Waals surface area contributed by atoms with E-state index >= 15 is 0 Å². The zero-order chi connectivity index (χ0) is 6.53. The van der Waals surface area contributed by atoms with Gasteiger partial charge in [0.15, 0.2) is 6.29 Å². The molecule has 0 radical (unpaired) electrons. The van der Waals surface area contributed by atoms with E-state index in [1.54, 1.807) is 0 Å². The number of aldehydes is 1. The molecule has 1 aliphatic rings. The Morgan fingerprint density at radius 3 is 3.11 bits per heavy atom. The van der Waals surface area contributed by atoms with E-state index in [0.29, 0.717) is 6.29 Å². The van der Waals surface area contributed by atoms with Gasteiger partial charge in [-0.25, -0.2) is 0 Å². The molecule has 2 heteroatoms. The van der Waals surface area contributed by atoms with Gasteiger partial charge in [0.25, 0.3) is 0 Å². The van der Waals surface area contributed by atoms with E-state index in [2.05, 4.69) is 17.2 Å². The molecule has 1 heterocycles. The summed E-state index contributed by atoms with van der Waals surface area (Å²) in [7, 11) is 0. The molecule has 1 N–H and O–H groups in total. The lowest BCUT2D eigenvalue weighted by molar-refractivity contribution is -0.103. The highest BCUT2D eigenvalue weighted by Gasteiger charge is 2.09. The summed E-state index contributed by atoms with van der Waals surface area (Å²) in [5.74, 6) is 5.20. The number of nitrogens with one attached hydrogen (secondary N) is 1. The van der Waals surface area contributed by atoms with Crippen molar-refractivity contribution in [2.45, 2.75) is 18.9 Å². The summed E-state index contributed by atoms with van der Waals surface area (Å²) >= 11 is 0. The molecule has 48 valence electrons. The van der Waals surface area contributed by atoms with Crippen LogP contribution < -0.4 is 5.32 Å². The zero-order valence-corrected chi connectivity index (χ0v) is 5.18. The van der Waals surface area contributed by atoms with Crippen molar-refractivity contribution in [2.75, 3.05) is 6.54 Å². The van der Waals surface area contributed by atoms with Crippen molar-refractivity contribution in [3.8, 4) is 11.8 Å². The quantitative estimate of drug-likeness (QED) is 0.361. The molecule has 0 bridgehead atoms. The number of carbonyl (C=O) groups is 1. The predicted octanol–water partition coefficient (Wildman–Crippen LogP) is -0.0593. The number of hydrogen-bond donors (Lipinski definition) is 1. The Bertz CT molecular complexity index is 148. The Kier molecular flexibility index (Phi) is 2.29. The summed E-state index contributed by atoms with van der Waals surface area (Å²) in [6, 6.07) is 0.273. The normalized spacial score (nSPS) is 24.7. The summed E-state index contributed by atoms with van der Waals surface area (Å²) in [6.07, 6.45) is 2.90. The van der Waals surface area contributed by atoms with E-state index in [0.717, 1.165) is 13.0 Å². The van der Waals surface area contributed by atoms with Gasteiger partial charge in [-0.3, -0.25) is 4.79 Å². The molecular weight excluding hydrogens is 114 g/mol. The Morgan fingerprint density at radius 2 is 2.56 bits per heavy atom. The third-order valence-corrected chi connectivity index (χ3v) is 1.38. The highest BCUT2D eigenvalue weighted by atomic mass is 16.1. The maximum Gasteiger partial charge on any atom is 0.192 e. The summed E-state index contributed by atoms with van der Waals surface area (Å²) in [5, 5.41) is 3.16. The van der Waals surface area contributed by atoms with Gasteiger partial charge >= 0.3 is 0 Å². The molecule has 0 aromatic heterocycles. The van der Waals surface area contributed by atoms with Crippen LogP contribution >= 0.6 is 0 Å².